The molecule has 10 aromatic rings. The molecule has 5 aromatic carbocycles. The molecule has 0 unspecified atom stereocenters. The first-order valence-corrected chi connectivity index (χ1v) is 41.6. The van der Waals surface area contributed by atoms with Crippen molar-refractivity contribution in [2.45, 2.75) is 180 Å². The van der Waals surface area contributed by atoms with Gasteiger partial charge in [-0.2, -0.15) is 0 Å². The summed E-state index contributed by atoms with van der Waals surface area (Å²) in [4.78, 5) is 43.2. The van der Waals surface area contributed by atoms with Gasteiger partial charge in [-0.15, -0.1) is 0 Å². The minimum atomic E-state index is 0. The number of nitrogens with zero attached hydrogens (tertiary/aromatic N) is 30. The molecule has 0 bridgehead atoms. The van der Waals surface area contributed by atoms with E-state index in [9.17, 15) is 0 Å². The van der Waals surface area contributed by atoms with Crippen LogP contribution in [0.1, 0.15) is 106 Å². The van der Waals surface area contributed by atoms with Crippen LogP contribution in [-0.4, -0.2) is 176 Å². The maximum Gasteiger partial charge on any atom is 2.00 e. The van der Waals surface area contributed by atoms with Crippen LogP contribution in [0.15, 0.2) is 183 Å². The van der Waals surface area contributed by atoms with Crippen molar-refractivity contribution in [3.8, 4) is 0 Å². The van der Waals surface area contributed by atoms with Crippen LogP contribution in [0.25, 0.3) is 0 Å². The third-order valence-electron chi connectivity index (χ3n) is 22.4. The third-order valence-corrected chi connectivity index (χ3v) is 22.4. The fraction of sp³-hybridized carbons (Fsp3) is 0.408. The molecule has 5 aliphatic heterocycles. The second kappa shape index (κ2) is 52.6. The summed E-state index contributed by atoms with van der Waals surface area (Å²) in [6, 6.07) is 52.5. The second-order valence-corrected chi connectivity index (χ2v) is 30.1. The average molecular weight is 2530 g/mol. The average Bonchev–Trinajstić information content (AvgIpc) is 1.79. The van der Waals surface area contributed by atoms with Crippen LogP contribution >= 0.6 is 0 Å². The number of hydrogen-bond acceptors (Lipinski definition) is 25. The van der Waals surface area contributed by atoms with Gasteiger partial charge in [0, 0.05) is 29.7 Å². The third kappa shape index (κ3) is 26.7. The van der Waals surface area contributed by atoms with E-state index >= 15 is 0 Å². The van der Waals surface area contributed by atoms with Gasteiger partial charge in [0.1, 0.15) is 0 Å². The molecule has 0 N–H and O–H groups in total. The van der Waals surface area contributed by atoms with Gasteiger partial charge in [-0.1, -0.05) is 239 Å². The molecule has 646 valence electrons. The van der Waals surface area contributed by atoms with Crippen molar-refractivity contribution in [2.24, 2.45) is 0 Å². The number of rotatable bonds is 25. The van der Waals surface area contributed by atoms with Gasteiger partial charge in [0.05, 0.1) is 31.6 Å². The molecule has 15 rings (SSSR count). The summed E-state index contributed by atoms with van der Waals surface area (Å²) in [7, 11) is 0. The molecule has 5 fully saturated rings. The normalized spacial score (nSPS) is 15.6. The van der Waals surface area contributed by atoms with Gasteiger partial charge >= 0.3 is 105 Å². The maximum atomic E-state index is 4.31. The minimum Gasteiger partial charge on any atom is -0.578 e. The number of aromatic nitrogens is 15. The topological polar surface area (TPSA) is 248 Å². The van der Waals surface area contributed by atoms with Crippen molar-refractivity contribution in [1.29, 1.82) is 0 Å². The Hall–Kier alpha value is -6.31. The van der Waals surface area contributed by atoms with Gasteiger partial charge in [-0.3, -0.25) is 25.5 Å². The van der Waals surface area contributed by atoms with E-state index in [1.807, 2.05) is 30.3 Å². The first-order chi connectivity index (χ1) is 56.5. The van der Waals surface area contributed by atoms with E-state index in [-0.39, 0.29) is 175 Å². The first-order valence-electron chi connectivity index (χ1n) is 41.6. The van der Waals surface area contributed by atoms with Crippen LogP contribution in [0, 0.1) is 33.3 Å². The van der Waals surface area contributed by atoms with Crippen molar-refractivity contribution in [3.05, 3.63) is 217 Å². The molecule has 30 nitrogen and oxygen atoms in total. The molecular formula is C76H112B10N30Pt5. The summed E-state index contributed by atoms with van der Waals surface area (Å²) < 4.78 is 12.4. The summed E-state index contributed by atoms with van der Waals surface area (Å²) in [6.45, 7) is 52.5. The van der Waals surface area contributed by atoms with Crippen LogP contribution < -0.4 is 73.6 Å². The summed E-state index contributed by atoms with van der Waals surface area (Å²) >= 11 is 0. The van der Waals surface area contributed by atoms with Crippen LogP contribution in [-0.2, 0) is 105 Å². The van der Waals surface area contributed by atoms with Crippen molar-refractivity contribution >= 4 is 128 Å². The molecular weight excluding hydrogens is 2420 g/mol. The zero-order chi connectivity index (χ0) is 82.0. The van der Waals surface area contributed by atoms with Crippen molar-refractivity contribution in [3.63, 3.8) is 0 Å². The Balaban J connectivity index is 0.000000232. The summed E-state index contributed by atoms with van der Waals surface area (Å²) in [5.41, 5.74) is 5.81. The largest absolute Gasteiger partial charge is 2.00 e. The van der Waals surface area contributed by atoms with Crippen LogP contribution in [0.3, 0.4) is 0 Å². The summed E-state index contributed by atoms with van der Waals surface area (Å²) in [6.07, 6.45) is 19.6. The predicted octanol–water partition coefficient (Wildman–Crippen LogP) is 11.5. The SMILES string of the molecule is CB1N(c2ccccc2)[CH-]N(c2ncn[n-]2)B(C)N1C(C)C.CCCCCCN1B(C)N(c2ccccc2)[CH-]N(c2ncn[n-]2)B1C.CCCCCN1B(C)N(c2ccccc2)[CH-]N(c2ncn[n-]2)B1C.CCCCN1B(C)N(c2ccccc2)[CH-]N(c2ncn[n-]2)B1C.CCCN1B(C)N(c2ccccc2)[CH-]N(c2ncn[n-]2)B1C.[Pt+2].[Pt+2].[Pt+2].[Pt+2].[Pt+2]. The summed E-state index contributed by atoms with van der Waals surface area (Å²) in [5.74, 6) is 3.22. The Labute approximate surface area is 796 Å². The molecule has 0 aliphatic carbocycles. The quantitative estimate of drug-likeness (QED) is 0.0293. The molecule has 0 amide bonds. The van der Waals surface area contributed by atoms with E-state index in [1.165, 1.54) is 101 Å². The van der Waals surface area contributed by atoms with E-state index in [2.05, 4.69) is 412 Å². The minimum absolute atomic E-state index is 0. The number of para-hydroxylation sites is 5. The molecule has 121 heavy (non-hydrogen) atoms. The molecule has 0 radical (unpaired) electrons. The zero-order valence-electron chi connectivity index (χ0n) is 72.5. The van der Waals surface area contributed by atoms with E-state index < -0.39 is 0 Å². The number of anilines is 10. The Morgan fingerprint density at radius 2 is 0.463 bits per heavy atom. The number of benzene rings is 5. The molecule has 10 heterocycles. The molecule has 0 spiro atoms. The van der Waals surface area contributed by atoms with Crippen molar-refractivity contribution in [1.82, 2.24) is 99.5 Å². The summed E-state index contributed by atoms with van der Waals surface area (Å²) in [5, 5.41) is 40.1. The van der Waals surface area contributed by atoms with Gasteiger partial charge in [-0.05, 0) is 147 Å². The molecule has 45 heteroatoms. The van der Waals surface area contributed by atoms with Crippen LogP contribution in [0.5, 0.6) is 0 Å². The Morgan fingerprint density at radius 3 is 0.694 bits per heavy atom. The van der Waals surface area contributed by atoms with E-state index in [1.54, 1.807) is 0 Å². The Kier molecular flexibility index (Phi) is 45.0. The van der Waals surface area contributed by atoms with Gasteiger partial charge in [0.15, 0.2) is 0 Å². The van der Waals surface area contributed by atoms with Gasteiger partial charge in [0.25, 0.3) is 34.9 Å². The molecule has 5 aliphatic rings. The molecule has 0 atom stereocenters. The fourth-order valence-corrected chi connectivity index (χ4v) is 16.0. The smallest absolute Gasteiger partial charge is 0.578 e. The zero-order valence-corrected chi connectivity index (χ0v) is 83.8. The first kappa shape index (κ1) is 103. The van der Waals surface area contributed by atoms with Gasteiger partial charge in [0.2, 0.25) is 34.9 Å². The van der Waals surface area contributed by atoms with Gasteiger partial charge < -0.3 is 96.6 Å². The van der Waals surface area contributed by atoms with Crippen molar-refractivity contribution < 1.29 is 105 Å². The molecule has 0 saturated carbocycles. The van der Waals surface area contributed by atoms with E-state index in [0.29, 0.717) is 35.8 Å². The predicted molar refractivity (Wildman–Crippen MR) is 484 cm³/mol. The molecule has 5 aromatic heterocycles. The monoisotopic (exact) mass is 2530 g/mol. The standard InChI is InChI=1S/C17H26B2N6.C16H24B2N6.C15H22B2N6.2C14H20B2N6.5Pt/c1-4-5-6-10-13-25-18(2)23(16-11-8-7-9-12-16)15-24(19(25)3)17-20-14-21-22-17;1-4-5-9-12-24-17(2)22(15-10-7-6-8-11-15)14-23(18(24)3)16-19-13-20-21-16;1-4-5-11-23-16(2)21(14-9-7-6-8-10-14)13-22(17(23)3)15-18-12-19-20-15;1-12(2)22-15(3)20(13-8-6-5-7-9-13)11-21(16(22)4)14-17-10-18-19-14;1-4-10-22-15(2)20(13-8-6-5-7-9-13)12-21(16(22)3)14-17-11-18-19-14;;;;;/h7-9,11-12,14-15H,4-6,10,13H2,1-3H3;6-8,10-11,13-14H,4-5,9,12H2,1-3H3;6-10,12-13H,4-5,11H2,1-3H3;5-12H,1-4H3;5-9,11-12H,4,10H2,1-3H3;;;;;/q5*-2;5*+2. The maximum absolute atomic E-state index is 4.31. The van der Waals surface area contributed by atoms with E-state index in [4.69, 9.17) is 0 Å². The number of unbranched alkanes of at least 4 members (excludes halogenated alkanes) is 6. The van der Waals surface area contributed by atoms with Crippen LogP contribution in [0.2, 0.25) is 68.2 Å². The van der Waals surface area contributed by atoms with Crippen LogP contribution in [0.4, 0.5) is 58.2 Å². The molecule has 5 saturated heterocycles. The fourth-order valence-electron chi connectivity index (χ4n) is 16.0. The second-order valence-electron chi connectivity index (χ2n) is 30.1. The Morgan fingerprint density at radius 1 is 0.256 bits per heavy atom. The number of hydrogen-bond donors (Lipinski definition) is 0. The van der Waals surface area contributed by atoms with Gasteiger partial charge in [-0.25, -0.2) is 58.8 Å². The van der Waals surface area contributed by atoms with E-state index in [0.717, 1.165) is 49.7 Å². The van der Waals surface area contributed by atoms with Crippen molar-refractivity contribution in [2.75, 3.05) is 74.3 Å². The Bertz CT molecular complexity index is 4280.